The van der Waals surface area contributed by atoms with E-state index in [1.165, 1.54) is 6.92 Å². The van der Waals surface area contributed by atoms with Gasteiger partial charge in [0.2, 0.25) is 0 Å². The lowest BCUT2D eigenvalue weighted by Crippen LogP contribution is -2.03. The number of hydrogen-bond donors (Lipinski definition) is 1. The van der Waals surface area contributed by atoms with Crippen LogP contribution < -0.4 is 0 Å². The number of aromatic nitrogens is 1. The number of benzene rings is 2. The van der Waals surface area contributed by atoms with Gasteiger partial charge in [-0.2, -0.15) is 17.9 Å². The van der Waals surface area contributed by atoms with Gasteiger partial charge in [-0.15, -0.1) is 0 Å². The monoisotopic (exact) mass is 331 g/mol. The molecule has 0 aliphatic carbocycles. The molecule has 2 nitrogen and oxygen atoms in total. The SMILES string of the molecule is C/C(=C/C(F)(F)F)c1c(-c2ccccc2)n(O)c2cc(C)ccc12. The van der Waals surface area contributed by atoms with Crippen LogP contribution in [-0.2, 0) is 0 Å². The molecule has 1 heterocycles. The number of nitrogens with zero attached hydrogens (tertiary/aromatic N) is 1. The number of halogens is 3. The minimum absolute atomic E-state index is 0.0583. The average Bonchev–Trinajstić information content (AvgIpc) is 2.79. The summed E-state index contributed by atoms with van der Waals surface area (Å²) >= 11 is 0. The van der Waals surface area contributed by atoms with Crippen LogP contribution in [0.1, 0.15) is 18.1 Å². The predicted octanol–water partition coefficient (Wildman–Crippen LogP) is 5.82. The highest BCUT2D eigenvalue weighted by molar-refractivity contribution is 6.00. The minimum Gasteiger partial charge on any atom is -0.428 e. The van der Waals surface area contributed by atoms with Crippen molar-refractivity contribution in [3.63, 3.8) is 0 Å². The molecule has 0 atom stereocenters. The van der Waals surface area contributed by atoms with Crippen molar-refractivity contribution in [2.45, 2.75) is 20.0 Å². The molecule has 5 heteroatoms. The van der Waals surface area contributed by atoms with Gasteiger partial charge in [0, 0.05) is 22.6 Å². The van der Waals surface area contributed by atoms with Crippen molar-refractivity contribution in [3.05, 3.63) is 65.7 Å². The molecule has 3 aromatic rings. The molecule has 0 saturated heterocycles. The highest BCUT2D eigenvalue weighted by atomic mass is 19.4. The minimum atomic E-state index is -4.42. The Labute approximate surface area is 137 Å². The molecule has 2 aromatic carbocycles. The second-order valence-electron chi connectivity index (χ2n) is 5.79. The van der Waals surface area contributed by atoms with Gasteiger partial charge in [-0.05, 0) is 31.1 Å². The Kier molecular flexibility index (Phi) is 3.87. The molecule has 0 aliphatic rings. The van der Waals surface area contributed by atoms with Crippen molar-refractivity contribution < 1.29 is 18.4 Å². The Morgan fingerprint density at radius 2 is 1.75 bits per heavy atom. The van der Waals surface area contributed by atoms with Crippen LogP contribution in [0.3, 0.4) is 0 Å². The molecule has 124 valence electrons. The molecule has 0 amide bonds. The quantitative estimate of drug-likeness (QED) is 0.588. The highest BCUT2D eigenvalue weighted by Gasteiger charge is 2.27. The largest absolute Gasteiger partial charge is 0.428 e. The molecular formula is C19H16F3NO. The zero-order valence-electron chi connectivity index (χ0n) is 13.2. The number of allylic oxidation sites excluding steroid dienone is 2. The van der Waals surface area contributed by atoms with Gasteiger partial charge < -0.3 is 5.21 Å². The van der Waals surface area contributed by atoms with Gasteiger partial charge in [0.1, 0.15) is 0 Å². The summed E-state index contributed by atoms with van der Waals surface area (Å²) in [7, 11) is 0. The number of fused-ring (bicyclic) bond motifs is 1. The van der Waals surface area contributed by atoms with E-state index >= 15 is 0 Å². The van der Waals surface area contributed by atoms with Crippen molar-refractivity contribution >= 4 is 16.5 Å². The van der Waals surface area contributed by atoms with Gasteiger partial charge in [0.25, 0.3) is 0 Å². The molecule has 3 rings (SSSR count). The third-order valence-corrected chi connectivity index (χ3v) is 3.92. The Hall–Kier alpha value is -2.69. The van der Waals surface area contributed by atoms with E-state index in [0.29, 0.717) is 27.7 Å². The lowest BCUT2D eigenvalue weighted by atomic mass is 9.98. The lowest BCUT2D eigenvalue weighted by molar-refractivity contribution is -0.0793. The van der Waals surface area contributed by atoms with Gasteiger partial charge in [-0.3, -0.25) is 0 Å². The van der Waals surface area contributed by atoms with Crippen LogP contribution in [-0.4, -0.2) is 16.1 Å². The maximum atomic E-state index is 12.9. The molecule has 0 bridgehead atoms. The first-order chi connectivity index (χ1) is 11.3. The Bertz CT molecular complexity index is 921. The van der Waals surface area contributed by atoms with E-state index in [4.69, 9.17) is 0 Å². The highest BCUT2D eigenvalue weighted by Crippen LogP contribution is 2.38. The van der Waals surface area contributed by atoms with E-state index in [1.54, 1.807) is 36.4 Å². The lowest BCUT2D eigenvalue weighted by Gasteiger charge is -2.09. The predicted molar refractivity (Wildman–Crippen MR) is 89.0 cm³/mol. The van der Waals surface area contributed by atoms with Gasteiger partial charge in [0.15, 0.2) is 0 Å². The van der Waals surface area contributed by atoms with E-state index in [-0.39, 0.29) is 11.6 Å². The Balaban J connectivity index is 2.40. The number of aryl methyl sites for hydroxylation is 1. The fraction of sp³-hybridized carbons (Fsp3) is 0.158. The van der Waals surface area contributed by atoms with Crippen LogP contribution in [0.2, 0.25) is 0 Å². The van der Waals surface area contributed by atoms with Crippen molar-refractivity contribution in [2.24, 2.45) is 0 Å². The molecule has 0 spiro atoms. The maximum Gasteiger partial charge on any atom is 0.410 e. The number of hydrogen-bond acceptors (Lipinski definition) is 1. The summed E-state index contributed by atoms with van der Waals surface area (Å²) in [6.45, 7) is 3.28. The summed E-state index contributed by atoms with van der Waals surface area (Å²) in [5, 5.41) is 11.2. The summed E-state index contributed by atoms with van der Waals surface area (Å²) in [4.78, 5) is 0. The molecule has 24 heavy (non-hydrogen) atoms. The maximum absolute atomic E-state index is 12.9. The molecule has 0 saturated carbocycles. The standard InChI is InChI=1S/C19H16F3NO/c1-12-8-9-15-16(10-12)23(24)18(14-6-4-3-5-7-14)17(15)13(2)11-19(20,21)22/h3-11,24H,1-2H3/b13-11-. The van der Waals surface area contributed by atoms with Crippen LogP contribution in [0, 0.1) is 6.92 Å². The van der Waals surface area contributed by atoms with E-state index in [9.17, 15) is 18.4 Å². The topological polar surface area (TPSA) is 25.2 Å². The first kappa shape index (κ1) is 16.2. The first-order valence-corrected chi connectivity index (χ1v) is 7.44. The fourth-order valence-corrected chi connectivity index (χ4v) is 2.96. The van der Waals surface area contributed by atoms with Crippen molar-refractivity contribution in [2.75, 3.05) is 0 Å². The van der Waals surface area contributed by atoms with Crippen molar-refractivity contribution in [3.8, 4) is 11.3 Å². The zero-order chi connectivity index (χ0) is 17.5. The first-order valence-electron chi connectivity index (χ1n) is 7.44. The normalized spacial score (nSPS) is 12.8. The second kappa shape index (κ2) is 5.74. The van der Waals surface area contributed by atoms with Crippen LogP contribution in [0.5, 0.6) is 0 Å². The number of rotatable bonds is 2. The third kappa shape index (κ3) is 2.89. The second-order valence-corrected chi connectivity index (χ2v) is 5.79. The smallest absolute Gasteiger partial charge is 0.410 e. The van der Waals surface area contributed by atoms with Gasteiger partial charge >= 0.3 is 6.18 Å². The molecule has 0 radical (unpaired) electrons. The van der Waals surface area contributed by atoms with Crippen LogP contribution >= 0.6 is 0 Å². The van der Waals surface area contributed by atoms with E-state index in [0.717, 1.165) is 10.3 Å². The zero-order valence-corrected chi connectivity index (χ0v) is 13.2. The average molecular weight is 331 g/mol. The van der Waals surface area contributed by atoms with Crippen LogP contribution in [0.15, 0.2) is 54.6 Å². The molecule has 0 unspecified atom stereocenters. The molecular weight excluding hydrogens is 315 g/mol. The Morgan fingerprint density at radius 3 is 2.38 bits per heavy atom. The van der Waals surface area contributed by atoms with Crippen molar-refractivity contribution in [1.82, 2.24) is 4.73 Å². The third-order valence-electron chi connectivity index (χ3n) is 3.92. The molecule has 0 fully saturated rings. The summed E-state index contributed by atoms with van der Waals surface area (Å²) in [5.41, 5.74) is 2.85. The summed E-state index contributed by atoms with van der Waals surface area (Å²) < 4.78 is 39.5. The summed E-state index contributed by atoms with van der Waals surface area (Å²) in [5.74, 6) is 0. The van der Waals surface area contributed by atoms with Crippen molar-refractivity contribution in [1.29, 1.82) is 0 Å². The van der Waals surface area contributed by atoms with Gasteiger partial charge in [-0.1, -0.05) is 42.5 Å². The Morgan fingerprint density at radius 1 is 1.08 bits per heavy atom. The van der Waals surface area contributed by atoms with E-state index < -0.39 is 6.18 Å². The van der Waals surface area contributed by atoms with Gasteiger partial charge in [-0.25, -0.2) is 0 Å². The summed E-state index contributed by atoms with van der Waals surface area (Å²) in [6.07, 6.45) is -4.15. The van der Waals surface area contributed by atoms with Gasteiger partial charge in [0.05, 0.1) is 11.2 Å². The van der Waals surface area contributed by atoms with Crippen LogP contribution in [0.25, 0.3) is 27.7 Å². The summed E-state index contributed by atoms with van der Waals surface area (Å²) in [6, 6.07) is 14.2. The van der Waals surface area contributed by atoms with Crippen LogP contribution in [0.4, 0.5) is 13.2 Å². The molecule has 1 aromatic heterocycles. The molecule has 0 aliphatic heterocycles. The van der Waals surface area contributed by atoms with E-state index in [1.807, 2.05) is 19.1 Å². The fourth-order valence-electron chi connectivity index (χ4n) is 2.96. The molecule has 1 N–H and O–H groups in total. The van der Waals surface area contributed by atoms with E-state index in [2.05, 4.69) is 0 Å². The number of alkyl halides is 3.